The summed E-state index contributed by atoms with van der Waals surface area (Å²) in [6, 6.07) is 11.9. The van der Waals surface area contributed by atoms with Gasteiger partial charge in [0, 0.05) is 48.6 Å². The highest BCUT2D eigenvalue weighted by molar-refractivity contribution is 6.30. The Morgan fingerprint density at radius 1 is 1.15 bits per heavy atom. The number of rotatable bonds is 9. The van der Waals surface area contributed by atoms with Crippen molar-refractivity contribution in [2.45, 2.75) is 37.8 Å². The van der Waals surface area contributed by atoms with Gasteiger partial charge in [-0.1, -0.05) is 17.7 Å². The van der Waals surface area contributed by atoms with Crippen molar-refractivity contribution in [2.24, 2.45) is 5.92 Å². The number of halogens is 1. The van der Waals surface area contributed by atoms with Crippen LogP contribution < -0.4 is 15.0 Å². The van der Waals surface area contributed by atoms with E-state index in [1.807, 2.05) is 36.5 Å². The van der Waals surface area contributed by atoms with E-state index in [0.29, 0.717) is 19.1 Å². The number of likely N-dealkylation sites (tertiary alicyclic amines) is 1. The molecule has 2 unspecified atom stereocenters. The Kier molecular flexibility index (Phi) is 7.52. The molecule has 1 N–H and O–H groups in total. The standard InChI is InChI=1S/C26H33ClN4O3/c27-21-4-6-23(7-5-21)31-12-9-20(15-31)26(32)29-22(16-30-10-1-2-11-30)13-19-3-8-25(28-14-19)34-24-17-33-18-24/h3-8,14,20,22,24H,1-2,9-13,15-18H2,(H,29,32). The molecular weight excluding hydrogens is 452 g/mol. The fourth-order valence-corrected chi connectivity index (χ4v) is 5.08. The Labute approximate surface area is 206 Å². The Morgan fingerprint density at radius 3 is 2.62 bits per heavy atom. The van der Waals surface area contributed by atoms with E-state index in [-0.39, 0.29) is 24.0 Å². The van der Waals surface area contributed by atoms with Crippen LogP contribution >= 0.6 is 11.6 Å². The largest absolute Gasteiger partial charge is 0.469 e. The maximum absolute atomic E-state index is 13.2. The van der Waals surface area contributed by atoms with Crippen molar-refractivity contribution in [1.29, 1.82) is 0 Å². The van der Waals surface area contributed by atoms with Crippen LogP contribution in [0.15, 0.2) is 42.6 Å². The highest BCUT2D eigenvalue weighted by Crippen LogP contribution is 2.25. The van der Waals surface area contributed by atoms with Gasteiger partial charge in [-0.2, -0.15) is 0 Å². The first-order valence-corrected chi connectivity index (χ1v) is 12.7. The molecule has 3 aliphatic heterocycles. The van der Waals surface area contributed by atoms with Crippen LogP contribution in [0, 0.1) is 5.92 Å². The molecule has 1 amide bonds. The minimum Gasteiger partial charge on any atom is -0.469 e. The van der Waals surface area contributed by atoms with Crippen molar-refractivity contribution in [3.8, 4) is 5.88 Å². The zero-order chi connectivity index (χ0) is 23.3. The second-order valence-electron chi connectivity index (χ2n) is 9.61. The number of hydrogen-bond donors (Lipinski definition) is 1. The van der Waals surface area contributed by atoms with E-state index in [0.717, 1.165) is 61.8 Å². The van der Waals surface area contributed by atoms with E-state index in [1.165, 1.54) is 12.8 Å². The number of anilines is 1. The molecule has 3 saturated heterocycles. The Bertz CT molecular complexity index is 946. The van der Waals surface area contributed by atoms with E-state index in [9.17, 15) is 4.79 Å². The molecule has 8 heteroatoms. The summed E-state index contributed by atoms with van der Waals surface area (Å²) in [4.78, 5) is 22.4. The molecule has 5 rings (SSSR count). The monoisotopic (exact) mass is 484 g/mol. The molecule has 2 atom stereocenters. The fraction of sp³-hybridized carbons (Fsp3) is 0.538. The minimum atomic E-state index is -0.00430. The van der Waals surface area contributed by atoms with Gasteiger partial charge in [-0.15, -0.1) is 0 Å². The van der Waals surface area contributed by atoms with E-state index in [4.69, 9.17) is 21.1 Å². The molecule has 4 heterocycles. The number of ether oxygens (including phenoxy) is 2. The van der Waals surface area contributed by atoms with Crippen LogP contribution in [0.2, 0.25) is 5.02 Å². The van der Waals surface area contributed by atoms with Gasteiger partial charge in [0.1, 0.15) is 6.10 Å². The first kappa shape index (κ1) is 23.4. The van der Waals surface area contributed by atoms with Gasteiger partial charge in [0.05, 0.1) is 19.1 Å². The number of nitrogens with one attached hydrogen (secondary N) is 1. The molecule has 0 saturated carbocycles. The van der Waals surface area contributed by atoms with Gasteiger partial charge < -0.3 is 24.6 Å². The van der Waals surface area contributed by atoms with Gasteiger partial charge >= 0.3 is 0 Å². The zero-order valence-corrected chi connectivity index (χ0v) is 20.3. The summed E-state index contributed by atoms with van der Waals surface area (Å²) in [6.45, 7) is 5.96. The number of amides is 1. The van der Waals surface area contributed by atoms with Crippen LogP contribution in [0.4, 0.5) is 5.69 Å². The molecule has 0 radical (unpaired) electrons. The highest BCUT2D eigenvalue weighted by atomic mass is 35.5. The van der Waals surface area contributed by atoms with Gasteiger partial charge in [-0.25, -0.2) is 4.98 Å². The second-order valence-corrected chi connectivity index (χ2v) is 10.0. The summed E-state index contributed by atoms with van der Waals surface area (Å²) in [5, 5.41) is 4.11. The number of hydrogen-bond acceptors (Lipinski definition) is 6. The summed E-state index contributed by atoms with van der Waals surface area (Å²) < 4.78 is 10.9. The average molecular weight is 485 g/mol. The number of benzene rings is 1. The molecular formula is C26H33ClN4O3. The smallest absolute Gasteiger partial charge is 0.225 e. The SMILES string of the molecule is O=C(NC(Cc1ccc(OC2COC2)nc1)CN1CCCC1)C1CCN(c2ccc(Cl)cc2)C1. The maximum Gasteiger partial charge on any atom is 0.225 e. The summed E-state index contributed by atoms with van der Waals surface area (Å²) in [5.41, 5.74) is 2.23. The molecule has 3 aliphatic rings. The number of carbonyl (C=O) groups is 1. The number of carbonyl (C=O) groups excluding carboxylic acids is 1. The molecule has 1 aromatic carbocycles. The normalized spacial score (nSPS) is 21.9. The lowest BCUT2D eigenvalue weighted by Gasteiger charge is -2.27. The summed E-state index contributed by atoms with van der Waals surface area (Å²) in [5.74, 6) is 0.777. The Balaban J connectivity index is 1.19. The number of pyridine rings is 1. The van der Waals surface area contributed by atoms with Gasteiger partial charge in [-0.3, -0.25) is 4.79 Å². The van der Waals surface area contributed by atoms with Crippen LogP contribution in [-0.2, 0) is 16.0 Å². The van der Waals surface area contributed by atoms with Crippen molar-refractivity contribution in [1.82, 2.24) is 15.2 Å². The predicted octanol–water partition coefficient (Wildman–Crippen LogP) is 3.16. The van der Waals surface area contributed by atoms with Crippen LogP contribution in [0.3, 0.4) is 0 Å². The molecule has 0 aliphatic carbocycles. The lowest BCUT2D eigenvalue weighted by Crippen LogP contribution is -2.46. The molecule has 0 bridgehead atoms. The number of nitrogens with zero attached hydrogens (tertiary/aromatic N) is 3. The molecule has 1 aromatic heterocycles. The summed E-state index contributed by atoms with van der Waals surface area (Å²) in [7, 11) is 0. The summed E-state index contributed by atoms with van der Waals surface area (Å²) in [6.07, 6.45) is 6.07. The van der Waals surface area contributed by atoms with E-state index >= 15 is 0 Å². The molecule has 2 aromatic rings. The van der Waals surface area contributed by atoms with Crippen molar-refractivity contribution >= 4 is 23.2 Å². The van der Waals surface area contributed by atoms with Gasteiger partial charge in [0.25, 0.3) is 0 Å². The molecule has 34 heavy (non-hydrogen) atoms. The van der Waals surface area contributed by atoms with Gasteiger partial charge in [0.2, 0.25) is 11.8 Å². The third kappa shape index (κ3) is 6.01. The van der Waals surface area contributed by atoms with Crippen LogP contribution in [0.5, 0.6) is 5.88 Å². The first-order chi connectivity index (χ1) is 16.6. The molecule has 182 valence electrons. The zero-order valence-electron chi connectivity index (χ0n) is 19.5. The molecule has 7 nitrogen and oxygen atoms in total. The van der Waals surface area contributed by atoms with Crippen LogP contribution in [-0.4, -0.2) is 73.9 Å². The Hall–Kier alpha value is -2.35. The third-order valence-corrected chi connectivity index (χ3v) is 7.20. The van der Waals surface area contributed by atoms with Gasteiger partial charge in [0.15, 0.2) is 0 Å². The van der Waals surface area contributed by atoms with Gasteiger partial charge in [-0.05, 0) is 68.6 Å². The van der Waals surface area contributed by atoms with Crippen molar-refractivity contribution in [2.75, 3.05) is 50.8 Å². The van der Waals surface area contributed by atoms with Crippen molar-refractivity contribution in [3.05, 3.63) is 53.2 Å². The number of aromatic nitrogens is 1. The van der Waals surface area contributed by atoms with E-state index in [1.54, 1.807) is 0 Å². The fourth-order valence-electron chi connectivity index (χ4n) is 4.96. The van der Waals surface area contributed by atoms with E-state index < -0.39 is 0 Å². The van der Waals surface area contributed by atoms with E-state index in [2.05, 4.69) is 26.2 Å². The molecule has 0 spiro atoms. The lowest BCUT2D eigenvalue weighted by molar-refractivity contribution is -0.125. The quantitative estimate of drug-likeness (QED) is 0.589. The average Bonchev–Trinajstić information content (AvgIpc) is 3.50. The highest BCUT2D eigenvalue weighted by Gasteiger charge is 2.30. The Morgan fingerprint density at radius 2 is 1.94 bits per heavy atom. The predicted molar refractivity (Wildman–Crippen MR) is 133 cm³/mol. The van der Waals surface area contributed by atoms with Crippen molar-refractivity contribution in [3.63, 3.8) is 0 Å². The lowest BCUT2D eigenvalue weighted by atomic mass is 10.0. The maximum atomic E-state index is 13.2. The summed E-state index contributed by atoms with van der Waals surface area (Å²) >= 11 is 6.03. The topological polar surface area (TPSA) is 66.9 Å². The minimum absolute atomic E-state index is 0.00430. The molecule has 3 fully saturated rings. The van der Waals surface area contributed by atoms with Crippen LogP contribution in [0.1, 0.15) is 24.8 Å². The van der Waals surface area contributed by atoms with Crippen LogP contribution in [0.25, 0.3) is 0 Å². The third-order valence-electron chi connectivity index (χ3n) is 6.95. The van der Waals surface area contributed by atoms with Crippen molar-refractivity contribution < 1.29 is 14.3 Å². The second kappa shape index (κ2) is 10.9. The first-order valence-electron chi connectivity index (χ1n) is 12.3.